The summed E-state index contributed by atoms with van der Waals surface area (Å²) < 4.78 is 3.87. The average molecular weight is 333 g/mol. The Hall–Kier alpha value is -1.39. The molecule has 0 amide bonds. The van der Waals surface area contributed by atoms with Gasteiger partial charge in [0.2, 0.25) is 0 Å². The molecule has 0 saturated carbocycles. The number of aryl methyl sites for hydroxylation is 2. The molecule has 4 heteroatoms. The molecular formula is C15H13BrN2S. The van der Waals surface area contributed by atoms with E-state index in [0.717, 1.165) is 26.0 Å². The van der Waals surface area contributed by atoms with E-state index in [1.54, 1.807) is 0 Å². The average Bonchev–Trinajstić information content (AvgIpc) is 2.67. The Labute approximate surface area is 125 Å². The molecule has 0 radical (unpaired) electrons. The van der Waals surface area contributed by atoms with E-state index in [0.29, 0.717) is 0 Å². The van der Waals surface area contributed by atoms with Crippen LogP contribution in [0.25, 0.3) is 16.7 Å². The predicted octanol–water partition coefficient (Wildman–Crippen LogP) is 5.07. The van der Waals surface area contributed by atoms with E-state index in [1.165, 1.54) is 11.1 Å². The summed E-state index contributed by atoms with van der Waals surface area (Å²) in [7, 11) is 0. The molecule has 2 aromatic carbocycles. The van der Waals surface area contributed by atoms with Gasteiger partial charge in [0.15, 0.2) is 4.77 Å². The minimum absolute atomic E-state index is 0.724. The summed E-state index contributed by atoms with van der Waals surface area (Å²) in [4.78, 5) is 3.26. The first-order chi connectivity index (χ1) is 9.06. The van der Waals surface area contributed by atoms with Crippen LogP contribution in [-0.2, 0) is 0 Å². The Morgan fingerprint density at radius 2 is 1.89 bits per heavy atom. The van der Waals surface area contributed by atoms with Crippen LogP contribution in [0, 0.1) is 18.6 Å². The molecule has 0 aliphatic rings. The second-order valence-electron chi connectivity index (χ2n) is 4.72. The summed E-state index contributed by atoms with van der Waals surface area (Å²) in [5.41, 5.74) is 5.72. The number of hydrogen-bond acceptors (Lipinski definition) is 1. The van der Waals surface area contributed by atoms with E-state index in [9.17, 15) is 0 Å². The molecule has 0 saturated heterocycles. The number of rotatable bonds is 1. The van der Waals surface area contributed by atoms with Gasteiger partial charge in [-0.1, -0.05) is 28.1 Å². The van der Waals surface area contributed by atoms with Gasteiger partial charge in [-0.3, -0.25) is 4.57 Å². The zero-order valence-electron chi connectivity index (χ0n) is 10.7. The monoisotopic (exact) mass is 332 g/mol. The fourth-order valence-corrected chi connectivity index (χ4v) is 2.95. The molecular weight excluding hydrogens is 320 g/mol. The van der Waals surface area contributed by atoms with Crippen LogP contribution in [0.1, 0.15) is 11.1 Å². The van der Waals surface area contributed by atoms with Crippen molar-refractivity contribution in [3.8, 4) is 5.69 Å². The van der Waals surface area contributed by atoms with Crippen molar-refractivity contribution in [1.82, 2.24) is 9.55 Å². The van der Waals surface area contributed by atoms with Gasteiger partial charge in [-0.2, -0.15) is 0 Å². The van der Waals surface area contributed by atoms with Crippen molar-refractivity contribution in [2.45, 2.75) is 13.8 Å². The van der Waals surface area contributed by atoms with Crippen molar-refractivity contribution in [3.63, 3.8) is 0 Å². The molecule has 1 N–H and O–H groups in total. The third kappa shape index (κ3) is 2.15. The number of nitrogens with zero attached hydrogens (tertiary/aromatic N) is 1. The fraction of sp³-hybridized carbons (Fsp3) is 0.133. The highest BCUT2D eigenvalue weighted by Crippen LogP contribution is 2.25. The smallest absolute Gasteiger partial charge is 0.182 e. The Bertz CT molecular complexity index is 830. The van der Waals surface area contributed by atoms with Crippen LogP contribution < -0.4 is 0 Å². The van der Waals surface area contributed by atoms with Crippen molar-refractivity contribution in [2.75, 3.05) is 0 Å². The maximum Gasteiger partial charge on any atom is 0.182 e. The summed E-state index contributed by atoms with van der Waals surface area (Å²) in [6.07, 6.45) is 0. The number of aromatic nitrogens is 2. The van der Waals surface area contributed by atoms with Crippen LogP contribution in [0.4, 0.5) is 0 Å². The third-order valence-electron chi connectivity index (χ3n) is 3.25. The van der Waals surface area contributed by atoms with E-state index in [-0.39, 0.29) is 0 Å². The van der Waals surface area contributed by atoms with E-state index in [4.69, 9.17) is 12.2 Å². The molecule has 2 nitrogen and oxygen atoms in total. The first-order valence-corrected chi connectivity index (χ1v) is 7.24. The highest BCUT2D eigenvalue weighted by Gasteiger charge is 2.09. The summed E-state index contributed by atoms with van der Waals surface area (Å²) in [5.74, 6) is 0. The molecule has 0 bridgehead atoms. The van der Waals surface area contributed by atoms with Gasteiger partial charge < -0.3 is 4.98 Å². The normalized spacial score (nSPS) is 11.1. The first kappa shape index (κ1) is 12.6. The second-order valence-corrected chi connectivity index (χ2v) is 6.02. The van der Waals surface area contributed by atoms with Crippen molar-refractivity contribution in [1.29, 1.82) is 0 Å². The predicted molar refractivity (Wildman–Crippen MR) is 85.6 cm³/mol. The highest BCUT2D eigenvalue weighted by atomic mass is 79.9. The van der Waals surface area contributed by atoms with Crippen molar-refractivity contribution >= 4 is 39.2 Å². The Morgan fingerprint density at radius 3 is 2.68 bits per heavy atom. The summed E-state index contributed by atoms with van der Waals surface area (Å²) in [5, 5.41) is 0. The lowest BCUT2D eigenvalue weighted by atomic mass is 10.1. The molecule has 0 spiro atoms. The highest BCUT2D eigenvalue weighted by molar-refractivity contribution is 9.10. The molecule has 19 heavy (non-hydrogen) atoms. The molecule has 0 fully saturated rings. The molecule has 0 aliphatic carbocycles. The summed E-state index contributed by atoms with van der Waals surface area (Å²) in [6, 6.07) is 12.6. The maximum absolute atomic E-state index is 5.47. The lowest BCUT2D eigenvalue weighted by Crippen LogP contribution is -1.97. The van der Waals surface area contributed by atoms with E-state index < -0.39 is 0 Å². The zero-order valence-corrected chi connectivity index (χ0v) is 13.1. The van der Waals surface area contributed by atoms with E-state index in [2.05, 4.69) is 63.6 Å². The van der Waals surface area contributed by atoms with Crippen molar-refractivity contribution in [3.05, 3.63) is 56.8 Å². The molecule has 0 unspecified atom stereocenters. The van der Waals surface area contributed by atoms with Gasteiger partial charge in [-0.15, -0.1) is 0 Å². The Kier molecular flexibility index (Phi) is 3.07. The van der Waals surface area contributed by atoms with Crippen LogP contribution in [-0.4, -0.2) is 9.55 Å². The summed E-state index contributed by atoms with van der Waals surface area (Å²) in [6.45, 7) is 4.20. The van der Waals surface area contributed by atoms with Gasteiger partial charge in [-0.05, 0) is 61.5 Å². The van der Waals surface area contributed by atoms with Crippen molar-refractivity contribution in [2.24, 2.45) is 0 Å². The quantitative estimate of drug-likeness (QED) is 0.617. The lowest BCUT2D eigenvalue weighted by Gasteiger charge is -2.09. The molecule has 1 aromatic heterocycles. The maximum atomic E-state index is 5.47. The van der Waals surface area contributed by atoms with Gasteiger partial charge in [0.05, 0.1) is 16.7 Å². The van der Waals surface area contributed by atoms with Crippen LogP contribution in [0.3, 0.4) is 0 Å². The number of hydrogen-bond donors (Lipinski definition) is 1. The zero-order chi connectivity index (χ0) is 13.6. The number of H-pyrrole nitrogens is 1. The van der Waals surface area contributed by atoms with E-state index >= 15 is 0 Å². The van der Waals surface area contributed by atoms with Crippen LogP contribution in [0.2, 0.25) is 0 Å². The third-order valence-corrected chi connectivity index (χ3v) is 4.03. The fourth-order valence-electron chi connectivity index (χ4n) is 2.28. The van der Waals surface area contributed by atoms with Gasteiger partial charge in [-0.25, -0.2) is 0 Å². The Morgan fingerprint density at radius 1 is 1.11 bits per heavy atom. The Balaban J connectivity index is 2.39. The number of nitrogens with one attached hydrogen (secondary N) is 1. The standard InChI is InChI=1S/C15H13BrN2S/c1-9-3-4-10(2)14(7-9)18-13-6-5-11(16)8-12(13)17-15(18)19/h3-8H,1-2H3,(H,17,19). The number of aromatic amines is 1. The summed E-state index contributed by atoms with van der Waals surface area (Å²) >= 11 is 8.96. The minimum atomic E-state index is 0.724. The van der Waals surface area contributed by atoms with Gasteiger partial charge in [0, 0.05) is 4.47 Å². The van der Waals surface area contributed by atoms with Gasteiger partial charge >= 0.3 is 0 Å². The first-order valence-electron chi connectivity index (χ1n) is 6.04. The number of fused-ring (bicyclic) bond motifs is 1. The van der Waals surface area contributed by atoms with Gasteiger partial charge in [0.1, 0.15) is 0 Å². The van der Waals surface area contributed by atoms with Gasteiger partial charge in [0.25, 0.3) is 0 Å². The van der Waals surface area contributed by atoms with E-state index in [1.807, 2.05) is 12.1 Å². The second kappa shape index (κ2) is 4.62. The lowest BCUT2D eigenvalue weighted by molar-refractivity contribution is 1.04. The minimum Gasteiger partial charge on any atom is -0.330 e. The van der Waals surface area contributed by atoms with Crippen LogP contribution in [0.5, 0.6) is 0 Å². The molecule has 0 atom stereocenters. The SMILES string of the molecule is Cc1ccc(C)c(-n2c(=S)[nH]c3cc(Br)ccc32)c1. The molecule has 0 aliphatic heterocycles. The number of benzene rings is 2. The topological polar surface area (TPSA) is 20.7 Å². The molecule has 3 aromatic rings. The number of imidazole rings is 1. The molecule has 3 rings (SSSR count). The molecule has 1 heterocycles. The molecule has 96 valence electrons. The van der Waals surface area contributed by atoms with Crippen molar-refractivity contribution < 1.29 is 0 Å². The number of halogens is 1. The largest absolute Gasteiger partial charge is 0.330 e. The van der Waals surface area contributed by atoms with Crippen LogP contribution >= 0.6 is 28.1 Å². The van der Waals surface area contributed by atoms with Crippen LogP contribution in [0.15, 0.2) is 40.9 Å².